The van der Waals surface area contributed by atoms with Gasteiger partial charge in [0.15, 0.2) is 5.13 Å². The highest BCUT2D eigenvalue weighted by molar-refractivity contribution is 7.22. The van der Waals surface area contributed by atoms with Crippen LogP contribution in [0.4, 0.5) is 5.13 Å². The highest BCUT2D eigenvalue weighted by atomic mass is 32.1. The Balaban J connectivity index is 1.55. The number of fused-ring (bicyclic) bond motifs is 1. The number of aryl methyl sites for hydroxylation is 3. The zero-order valence-electron chi connectivity index (χ0n) is 18.7. The summed E-state index contributed by atoms with van der Waals surface area (Å²) in [6, 6.07) is 12.5. The molecule has 0 atom stereocenters. The molecule has 1 aromatic heterocycles. The number of carbonyl (C=O) groups is 1. The molecule has 0 saturated carbocycles. The van der Waals surface area contributed by atoms with Crippen LogP contribution in [-0.4, -0.2) is 55.2 Å². The number of ether oxygens (including phenoxy) is 1. The molecule has 4 rings (SSSR count). The first-order chi connectivity index (χ1) is 15.0. The summed E-state index contributed by atoms with van der Waals surface area (Å²) in [6.07, 6.45) is 1.32. The van der Waals surface area contributed by atoms with Crippen molar-refractivity contribution >= 4 is 32.6 Å². The number of nitrogens with zero attached hydrogens (tertiary/aromatic N) is 3. The molecule has 0 bridgehead atoms. The molecular formula is C25H31N3O2S. The van der Waals surface area contributed by atoms with Gasteiger partial charge in [-0.3, -0.25) is 14.6 Å². The van der Waals surface area contributed by atoms with Crippen molar-refractivity contribution in [3.8, 4) is 0 Å². The molecule has 0 radical (unpaired) electrons. The van der Waals surface area contributed by atoms with Crippen LogP contribution in [0.25, 0.3) is 10.2 Å². The summed E-state index contributed by atoms with van der Waals surface area (Å²) in [5, 5.41) is 0.809. The maximum atomic E-state index is 13.4. The van der Waals surface area contributed by atoms with Crippen molar-refractivity contribution < 1.29 is 9.53 Å². The quantitative estimate of drug-likeness (QED) is 0.545. The number of carbonyl (C=O) groups excluding carboxylic acids is 1. The molecule has 1 amide bonds. The number of aromatic nitrogens is 1. The number of anilines is 1. The van der Waals surface area contributed by atoms with E-state index >= 15 is 0 Å². The van der Waals surface area contributed by atoms with E-state index in [1.165, 1.54) is 16.7 Å². The third-order valence-corrected chi connectivity index (χ3v) is 7.05. The molecule has 1 aliphatic rings. The third-order valence-electron chi connectivity index (χ3n) is 6.00. The lowest BCUT2D eigenvalue weighted by Gasteiger charge is -2.27. The molecule has 0 spiro atoms. The first-order valence-corrected chi connectivity index (χ1v) is 11.9. The Morgan fingerprint density at radius 1 is 1.16 bits per heavy atom. The lowest BCUT2D eigenvalue weighted by atomic mass is 10.1. The molecule has 1 saturated heterocycles. The van der Waals surface area contributed by atoms with Gasteiger partial charge >= 0.3 is 0 Å². The van der Waals surface area contributed by atoms with Crippen molar-refractivity contribution in [2.75, 3.05) is 44.3 Å². The summed E-state index contributed by atoms with van der Waals surface area (Å²) in [5.74, 6) is 0.112. The number of hydrogen-bond acceptors (Lipinski definition) is 5. The molecule has 0 N–H and O–H groups in total. The third kappa shape index (κ3) is 5.32. The van der Waals surface area contributed by atoms with E-state index in [1.54, 1.807) is 11.3 Å². The molecule has 5 nitrogen and oxygen atoms in total. The fourth-order valence-corrected chi connectivity index (χ4v) is 5.09. The van der Waals surface area contributed by atoms with E-state index < -0.39 is 0 Å². The van der Waals surface area contributed by atoms with Gasteiger partial charge in [-0.25, -0.2) is 4.98 Å². The Kier molecular flexibility index (Phi) is 7.00. The second kappa shape index (κ2) is 9.90. The minimum atomic E-state index is 0.112. The van der Waals surface area contributed by atoms with Crippen LogP contribution in [0.2, 0.25) is 0 Å². The molecule has 2 aromatic carbocycles. The van der Waals surface area contributed by atoms with Gasteiger partial charge in [0.05, 0.1) is 29.9 Å². The van der Waals surface area contributed by atoms with Gasteiger partial charge in [-0.2, -0.15) is 0 Å². The minimum Gasteiger partial charge on any atom is -0.379 e. The molecule has 164 valence electrons. The van der Waals surface area contributed by atoms with Crippen molar-refractivity contribution in [2.45, 2.75) is 33.6 Å². The zero-order chi connectivity index (χ0) is 21.8. The highest BCUT2D eigenvalue weighted by Crippen LogP contribution is 2.32. The molecule has 0 unspecified atom stereocenters. The first kappa shape index (κ1) is 21.9. The van der Waals surface area contributed by atoms with E-state index in [-0.39, 0.29) is 5.91 Å². The van der Waals surface area contributed by atoms with Crippen molar-refractivity contribution in [3.63, 3.8) is 0 Å². The Labute approximate surface area is 188 Å². The molecule has 1 fully saturated rings. The Morgan fingerprint density at radius 3 is 2.74 bits per heavy atom. The van der Waals surface area contributed by atoms with Crippen LogP contribution in [0.15, 0.2) is 36.4 Å². The number of benzene rings is 2. The topological polar surface area (TPSA) is 45.7 Å². The summed E-state index contributed by atoms with van der Waals surface area (Å²) < 4.78 is 6.59. The molecule has 3 aromatic rings. The van der Waals surface area contributed by atoms with Gasteiger partial charge in [-0.15, -0.1) is 0 Å². The summed E-state index contributed by atoms with van der Waals surface area (Å²) in [5.41, 5.74) is 5.67. The molecule has 6 heteroatoms. The maximum absolute atomic E-state index is 13.4. The molecule has 31 heavy (non-hydrogen) atoms. The van der Waals surface area contributed by atoms with E-state index in [2.05, 4.69) is 49.9 Å². The van der Waals surface area contributed by atoms with Gasteiger partial charge in [0.2, 0.25) is 5.91 Å². The predicted octanol–water partition coefficient (Wildman–Crippen LogP) is 4.52. The molecule has 0 aliphatic carbocycles. The van der Waals surface area contributed by atoms with Crippen LogP contribution >= 0.6 is 11.3 Å². The summed E-state index contributed by atoms with van der Waals surface area (Å²) in [4.78, 5) is 22.6. The van der Waals surface area contributed by atoms with Crippen LogP contribution in [0.1, 0.15) is 28.7 Å². The van der Waals surface area contributed by atoms with E-state index in [0.717, 1.165) is 60.2 Å². The standard InChI is InChI=1S/C25H31N3O2S/c1-18-6-4-7-21(16-18)17-23(29)28(11-5-10-27-12-14-30-15-13-27)25-26-24-20(3)19(2)8-9-22(24)31-25/h4,6-9,16H,5,10-15,17H2,1-3H3. The zero-order valence-corrected chi connectivity index (χ0v) is 19.5. The molecule has 1 aliphatic heterocycles. The number of hydrogen-bond donors (Lipinski definition) is 0. The predicted molar refractivity (Wildman–Crippen MR) is 128 cm³/mol. The van der Waals surface area contributed by atoms with Crippen LogP contribution in [0.3, 0.4) is 0 Å². The van der Waals surface area contributed by atoms with Gasteiger partial charge in [-0.1, -0.05) is 47.2 Å². The van der Waals surface area contributed by atoms with Gasteiger partial charge in [0, 0.05) is 26.2 Å². The fourth-order valence-electron chi connectivity index (χ4n) is 4.03. The van der Waals surface area contributed by atoms with Crippen molar-refractivity contribution in [1.82, 2.24) is 9.88 Å². The van der Waals surface area contributed by atoms with Gasteiger partial charge in [-0.05, 0) is 49.9 Å². The van der Waals surface area contributed by atoms with Gasteiger partial charge in [0.1, 0.15) is 0 Å². The Bertz CT molecular complexity index is 1060. The lowest BCUT2D eigenvalue weighted by Crippen LogP contribution is -2.39. The van der Waals surface area contributed by atoms with Crippen LogP contribution in [0.5, 0.6) is 0 Å². The minimum absolute atomic E-state index is 0.112. The summed E-state index contributed by atoms with van der Waals surface area (Å²) in [7, 11) is 0. The second-order valence-corrected chi connectivity index (χ2v) is 9.38. The summed E-state index contributed by atoms with van der Waals surface area (Å²) in [6.45, 7) is 11.5. The van der Waals surface area contributed by atoms with E-state index in [9.17, 15) is 4.79 Å². The van der Waals surface area contributed by atoms with Crippen molar-refractivity contribution in [3.05, 3.63) is 58.7 Å². The number of morpholine rings is 1. The largest absolute Gasteiger partial charge is 0.379 e. The molecular weight excluding hydrogens is 406 g/mol. The van der Waals surface area contributed by atoms with Crippen LogP contribution in [-0.2, 0) is 16.0 Å². The SMILES string of the molecule is Cc1cccc(CC(=O)N(CCCN2CCOCC2)c2nc3c(C)c(C)ccc3s2)c1. The molecule has 2 heterocycles. The fraction of sp³-hybridized carbons (Fsp3) is 0.440. The Morgan fingerprint density at radius 2 is 1.97 bits per heavy atom. The summed E-state index contributed by atoms with van der Waals surface area (Å²) >= 11 is 1.62. The van der Waals surface area contributed by atoms with Gasteiger partial charge in [0.25, 0.3) is 0 Å². The number of amides is 1. The van der Waals surface area contributed by atoms with E-state index in [4.69, 9.17) is 9.72 Å². The van der Waals surface area contributed by atoms with Gasteiger partial charge < -0.3 is 4.74 Å². The average molecular weight is 438 g/mol. The number of thiazole rings is 1. The van der Waals surface area contributed by atoms with E-state index in [1.807, 2.05) is 17.0 Å². The van der Waals surface area contributed by atoms with Crippen LogP contribution in [0, 0.1) is 20.8 Å². The average Bonchev–Trinajstić information content (AvgIpc) is 3.19. The van der Waals surface area contributed by atoms with Crippen molar-refractivity contribution in [2.24, 2.45) is 0 Å². The van der Waals surface area contributed by atoms with Crippen LogP contribution < -0.4 is 4.90 Å². The monoisotopic (exact) mass is 437 g/mol. The van der Waals surface area contributed by atoms with E-state index in [0.29, 0.717) is 13.0 Å². The highest BCUT2D eigenvalue weighted by Gasteiger charge is 2.21. The Hall–Kier alpha value is -2.28. The number of rotatable bonds is 7. The second-order valence-electron chi connectivity index (χ2n) is 8.37. The van der Waals surface area contributed by atoms with Crippen molar-refractivity contribution in [1.29, 1.82) is 0 Å². The lowest BCUT2D eigenvalue weighted by molar-refractivity contribution is -0.118. The first-order valence-electron chi connectivity index (χ1n) is 11.0. The smallest absolute Gasteiger partial charge is 0.233 e. The maximum Gasteiger partial charge on any atom is 0.233 e. The normalized spacial score (nSPS) is 14.8.